The van der Waals surface area contributed by atoms with Crippen LogP contribution in [-0.2, 0) is 0 Å². The van der Waals surface area contributed by atoms with Gasteiger partial charge in [-0.05, 0) is 31.0 Å². The molecule has 1 heterocycles. The first kappa shape index (κ1) is 12.8. The minimum absolute atomic E-state index is 0.100. The molecule has 1 aliphatic heterocycles. The molecule has 1 aromatic carbocycles. The van der Waals surface area contributed by atoms with Gasteiger partial charge in [-0.15, -0.1) is 0 Å². The Labute approximate surface area is 117 Å². The first-order valence-electron chi connectivity index (χ1n) is 6.87. The number of hydrogen-bond donors (Lipinski definition) is 0. The molecule has 20 heavy (non-hydrogen) atoms. The van der Waals surface area contributed by atoms with Gasteiger partial charge in [-0.1, -0.05) is 12.8 Å². The smallest absolute Gasteiger partial charge is 0.255 e. The van der Waals surface area contributed by atoms with Crippen molar-refractivity contribution < 1.29 is 14.3 Å². The van der Waals surface area contributed by atoms with Crippen LogP contribution in [0.2, 0.25) is 0 Å². The van der Waals surface area contributed by atoms with Gasteiger partial charge in [-0.3, -0.25) is 4.79 Å². The monoisotopic (exact) mass is 272 g/mol. The Kier molecular flexibility index (Phi) is 3.46. The summed E-state index contributed by atoms with van der Waals surface area (Å²) in [5.74, 6) is 1.16. The highest BCUT2D eigenvalue weighted by atomic mass is 16.7. The van der Waals surface area contributed by atoms with Crippen molar-refractivity contribution in [2.75, 3.05) is 13.3 Å². The van der Waals surface area contributed by atoms with Gasteiger partial charge in [0.25, 0.3) is 5.91 Å². The molecule has 0 atom stereocenters. The number of carbonyl (C=O) groups excluding carboxylic acids is 1. The van der Waals surface area contributed by atoms with Crippen molar-refractivity contribution in [2.45, 2.75) is 31.7 Å². The zero-order valence-corrected chi connectivity index (χ0v) is 11.2. The van der Waals surface area contributed by atoms with Gasteiger partial charge in [0.1, 0.15) is 6.54 Å². The third-order valence-corrected chi connectivity index (χ3v) is 3.89. The normalized spacial score (nSPS) is 16.9. The van der Waals surface area contributed by atoms with Crippen molar-refractivity contribution in [3.05, 3.63) is 23.8 Å². The van der Waals surface area contributed by atoms with Crippen LogP contribution < -0.4 is 9.47 Å². The Bertz CT molecular complexity index is 559. The number of rotatable bonds is 3. The molecular formula is C15H16N2O3. The van der Waals surface area contributed by atoms with E-state index in [9.17, 15) is 4.79 Å². The number of fused-ring (bicyclic) bond motifs is 1. The zero-order valence-electron chi connectivity index (χ0n) is 11.2. The minimum atomic E-state index is -0.100. The Balaban J connectivity index is 1.83. The van der Waals surface area contributed by atoms with E-state index in [1.54, 1.807) is 23.1 Å². The summed E-state index contributed by atoms with van der Waals surface area (Å²) < 4.78 is 10.5. The van der Waals surface area contributed by atoms with Crippen molar-refractivity contribution in [2.24, 2.45) is 0 Å². The maximum absolute atomic E-state index is 12.6. The second-order valence-electron chi connectivity index (χ2n) is 5.10. The Morgan fingerprint density at radius 1 is 1.30 bits per heavy atom. The number of ether oxygens (including phenoxy) is 2. The van der Waals surface area contributed by atoms with Crippen LogP contribution >= 0.6 is 0 Å². The number of nitrogens with zero attached hydrogens (tertiary/aromatic N) is 2. The lowest BCUT2D eigenvalue weighted by atomic mass is 10.1. The van der Waals surface area contributed by atoms with E-state index in [-0.39, 0.29) is 25.3 Å². The number of amides is 1. The largest absolute Gasteiger partial charge is 0.454 e. The molecule has 0 saturated heterocycles. The molecule has 1 saturated carbocycles. The Morgan fingerprint density at radius 2 is 2.05 bits per heavy atom. The van der Waals surface area contributed by atoms with Crippen LogP contribution in [0.15, 0.2) is 18.2 Å². The quantitative estimate of drug-likeness (QED) is 0.792. The summed E-state index contributed by atoms with van der Waals surface area (Å²) in [6.45, 7) is 0.329. The summed E-state index contributed by atoms with van der Waals surface area (Å²) >= 11 is 0. The van der Waals surface area contributed by atoms with Crippen LogP contribution in [0.5, 0.6) is 11.5 Å². The molecule has 5 heteroatoms. The highest BCUT2D eigenvalue weighted by Gasteiger charge is 2.28. The second-order valence-corrected chi connectivity index (χ2v) is 5.10. The molecule has 0 bridgehead atoms. The molecule has 2 aliphatic rings. The lowest BCUT2D eigenvalue weighted by Gasteiger charge is -2.26. The highest BCUT2D eigenvalue weighted by molar-refractivity contribution is 5.95. The Morgan fingerprint density at radius 3 is 2.80 bits per heavy atom. The summed E-state index contributed by atoms with van der Waals surface area (Å²) in [7, 11) is 0. The van der Waals surface area contributed by atoms with Gasteiger partial charge in [0.2, 0.25) is 6.79 Å². The summed E-state index contributed by atoms with van der Waals surface area (Å²) in [5.41, 5.74) is 0.552. The van der Waals surface area contributed by atoms with Gasteiger partial charge >= 0.3 is 0 Å². The van der Waals surface area contributed by atoms with E-state index in [1.807, 2.05) is 0 Å². The molecule has 1 aromatic rings. The van der Waals surface area contributed by atoms with Crippen LogP contribution in [-0.4, -0.2) is 30.2 Å². The van der Waals surface area contributed by atoms with E-state index in [2.05, 4.69) is 6.07 Å². The minimum Gasteiger partial charge on any atom is -0.454 e. The Hall–Kier alpha value is -2.22. The topological polar surface area (TPSA) is 62.6 Å². The molecule has 0 aromatic heterocycles. The van der Waals surface area contributed by atoms with E-state index >= 15 is 0 Å². The first-order chi connectivity index (χ1) is 9.79. The molecule has 0 unspecified atom stereocenters. The van der Waals surface area contributed by atoms with Gasteiger partial charge in [0.05, 0.1) is 6.07 Å². The maximum Gasteiger partial charge on any atom is 0.255 e. The zero-order chi connectivity index (χ0) is 13.9. The molecule has 0 spiro atoms. The molecule has 1 fully saturated rings. The predicted octanol–water partition coefficient (Wildman–Crippen LogP) is 2.32. The molecule has 5 nitrogen and oxygen atoms in total. The summed E-state index contributed by atoms with van der Waals surface area (Å²) in [6.07, 6.45) is 4.22. The molecule has 1 aliphatic carbocycles. The first-order valence-corrected chi connectivity index (χ1v) is 6.87. The van der Waals surface area contributed by atoms with Crippen LogP contribution in [0.25, 0.3) is 0 Å². The molecule has 0 radical (unpaired) electrons. The molecular weight excluding hydrogens is 256 g/mol. The van der Waals surface area contributed by atoms with Crippen molar-refractivity contribution in [3.63, 3.8) is 0 Å². The lowest BCUT2D eigenvalue weighted by Crippen LogP contribution is -2.39. The van der Waals surface area contributed by atoms with Crippen molar-refractivity contribution in [1.82, 2.24) is 4.90 Å². The van der Waals surface area contributed by atoms with E-state index in [4.69, 9.17) is 14.7 Å². The maximum atomic E-state index is 12.6. The molecule has 1 amide bonds. The number of carbonyl (C=O) groups is 1. The lowest BCUT2D eigenvalue weighted by molar-refractivity contribution is 0.0709. The fourth-order valence-electron chi connectivity index (χ4n) is 2.85. The van der Waals surface area contributed by atoms with E-state index in [0.29, 0.717) is 17.1 Å². The van der Waals surface area contributed by atoms with E-state index in [0.717, 1.165) is 25.7 Å². The standard InChI is InChI=1S/C15H16N2O3/c16-7-8-17(12-3-1-2-4-12)15(18)11-5-6-13-14(9-11)20-10-19-13/h5-6,9,12H,1-4,8,10H2. The van der Waals surface area contributed by atoms with Gasteiger partial charge in [-0.25, -0.2) is 0 Å². The fraction of sp³-hybridized carbons (Fsp3) is 0.467. The van der Waals surface area contributed by atoms with Crippen molar-refractivity contribution in [1.29, 1.82) is 5.26 Å². The van der Waals surface area contributed by atoms with E-state index in [1.165, 1.54) is 0 Å². The summed E-state index contributed by atoms with van der Waals surface area (Å²) in [6, 6.07) is 7.46. The molecule has 0 N–H and O–H groups in total. The van der Waals surface area contributed by atoms with Crippen LogP contribution in [0, 0.1) is 11.3 Å². The van der Waals surface area contributed by atoms with Crippen molar-refractivity contribution >= 4 is 5.91 Å². The fourth-order valence-corrected chi connectivity index (χ4v) is 2.85. The van der Waals surface area contributed by atoms with Crippen LogP contribution in [0.4, 0.5) is 0 Å². The van der Waals surface area contributed by atoms with Crippen LogP contribution in [0.1, 0.15) is 36.0 Å². The third kappa shape index (κ3) is 2.29. The number of benzene rings is 1. The SMILES string of the molecule is N#CCN(C(=O)c1ccc2c(c1)OCO2)C1CCCC1. The van der Waals surface area contributed by atoms with Gasteiger partial charge in [0.15, 0.2) is 11.5 Å². The van der Waals surface area contributed by atoms with Gasteiger partial charge < -0.3 is 14.4 Å². The number of hydrogen-bond acceptors (Lipinski definition) is 4. The predicted molar refractivity (Wildman–Crippen MR) is 71.5 cm³/mol. The van der Waals surface area contributed by atoms with Crippen molar-refractivity contribution in [3.8, 4) is 17.6 Å². The highest BCUT2D eigenvalue weighted by Crippen LogP contribution is 2.33. The average molecular weight is 272 g/mol. The van der Waals surface area contributed by atoms with Crippen LogP contribution in [0.3, 0.4) is 0 Å². The average Bonchev–Trinajstić information content (AvgIpc) is 3.13. The van der Waals surface area contributed by atoms with E-state index < -0.39 is 0 Å². The van der Waals surface area contributed by atoms with Gasteiger partial charge in [-0.2, -0.15) is 5.26 Å². The number of nitriles is 1. The summed E-state index contributed by atoms with van der Waals surface area (Å²) in [4.78, 5) is 14.3. The van der Waals surface area contributed by atoms with Gasteiger partial charge in [0, 0.05) is 11.6 Å². The summed E-state index contributed by atoms with van der Waals surface area (Å²) in [5, 5.41) is 8.96. The third-order valence-electron chi connectivity index (χ3n) is 3.89. The molecule has 3 rings (SSSR count). The molecule has 104 valence electrons. The second kappa shape index (κ2) is 5.41.